The minimum atomic E-state index is -2.79. The van der Waals surface area contributed by atoms with Crippen molar-refractivity contribution >= 4 is 23.2 Å². The van der Waals surface area contributed by atoms with Crippen molar-refractivity contribution in [2.75, 3.05) is 0 Å². The van der Waals surface area contributed by atoms with Gasteiger partial charge in [-0.2, -0.15) is 0 Å². The summed E-state index contributed by atoms with van der Waals surface area (Å²) in [7, 11) is 0. The van der Waals surface area contributed by atoms with Gasteiger partial charge in [-0.05, 0) is 23.8 Å². The molecule has 0 nitrogen and oxygen atoms in total. The standard InChI is InChI=1S/C13H7Cl2F3/c14-11-3-1-2-9(12(11)15)8-5-4-7(16)6-10(8)13(17)18/h1-6,13H. The van der Waals surface area contributed by atoms with Gasteiger partial charge < -0.3 is 0 Å². The van der Waals surface area contributed by atoms with Gasteiger partial charge in [0.25, 0.3) is 6.43 Å². The Balaban J connectivity index is 2.67. The lowest BCUT2D eigenvalue weighted by atomic mass is 9.99. The molecule has 2 aromatic carbocycles. The van der Waals surface area contributed by atoms with Gasteiger partial charge in [0, 0.05) is 11.1 Å². The summed E-state index contributed by atoms with van der Waals surface area (Å²) < 4.78 is 38.8. The SMILES string of the molecule is Fc1ccc(-c2cccc(Cl)c2Cl)c(C(F)F)c1. The maximum Gasteiger partial charge on any atom is 0.264 e. The lowest BCUT2D eigenvalue weighted by Crippen LogP contribution is -1.92. The van der Waals surface area contributed by atoms with E-state index in [1.54, 1.807) is 18.2 Å². The fraction of sp³-hybridized carbons (Fsp3) is 0.0769. The van der Waals surface area contributed by atoms with Gasteiger partial charge in [0.15, 0.2) is 0 Å². The Morgan fingerprint density at radius 1 is 0.944 bits per heavy atom. The van der Waals surface area contributed by atoms with Crippen molar-refractivity contribution in [1.29, 1.82) is 0 Å². The Hall–Kier alpha value is -1.19. The smallest absolute Gasteiger partial charge is 0.207 e. The number of hydrogen-bond acceptors (Lipinski definition) is 0. The third kappa shape index (κ3) is 2.47. The highest BCUT2D eigenvalue weighted by Gasteiger charge is 2.17. The third-order valence-electron chi connectivity index (χ3n) is 2.49. The Morgan fingerprint density at radius 2 is 1.67 bits per heavy atom. The van der Waals surface area contributed by atoms with Gasteiger partial charge in [-0.15, -0.1) is 0 Å². The average Bonchev–Trinajstić information content (AvgIpc) is 2.33. The molecule has 0 aromatic heterocycles. The molecular formula is C13H7Cl2F3. The van der Waals surface area contributed by atoms with E-state index in [1.807, 2.05) is 0 Å². The van der Waals surface area contributed by atoms with Crippen LogP contribution in [0.5, 0.6) is 0 Å². The van der Waals surface area contributed by atoms with Crippen LogP contribution in [0, 0.1) is 5.82 Å². The predicted octanol–water partition coefficient (Wildman–Crippen LogP) is 5.74. The first kappa shape index (κ1) is 13.2. The van der Waals surface area contributed by atoms with Crippen LogP contribution in [0.25, 0.3) is 11.1 Å². The quantitative estimate of drug-likeness (QED) is 0.662. The minimum Gasteiger partial charge on any atom is -0.207 e. The highest BCUT2D eigenvalue weighted by atomic mass is 35.5. The summed E-state index contributed by atoms with van der Waals surface area (Å²) in [6.07, 6.45) is -2.79. The summed E-state index contributed by atoms with van der Waals surface area (Å²) in [5, 5.41) is 0.436. The number of hydrogen-bond donors (Lipinski definition) is 0. The summed E-state index contributed by atoms with van der Waals surface area (Å²) in [5.41, 5.74) is 0.137. The molecule has 2 aromatic rings. The molecule has 0 saturated carbocycles. The molecule has 0 N–H and O–H groups in total. The first-order valence-electron chi connectivity index (χ1n) is 5.02. The predicted molar refractivity (Wildman–Crippen MR) is 66.8 cm³/mol. The van der Waals surface area contributed by atoms with E-state index in [9.17, 15) is 13.2 Å². The molecule has 0 radical (unpaired) electrons. The summed E-state index contributed by atoms with van der Waals surface area (Å²) in [4.78, 5) is 0. The second-order valence-electron chi connectivity index (χ2n) is 3.63. The van der Waals surface area contributed by atoms with Crippen LogP contribution in [0.15, 0.2) is 36.4 Å². The molecule has 0 aliphatic carbocycles. The normalized spacial score (nSPS) is 11.0. The molecule has 0 fully saturated rings. The van der Waals surface area contributed by atoms with E-state index in [-0.39, 0.29) is 15.6 Å². The van der Waals surface area contributed by atoms with E-state index in [4.69, 9.17) is 23.2 Å². The van der Waals surface area contributed by atoms with E-state index in [0.717, 1.165) is 12.1 Å². The lowest BCUT2D eigenvalue weighted by molar-refractivity contribution is 0.151. The van der Waals surface area contributed by atoms with Crippen molar-refractivity contribution in [2.45, 2.75) is 6.43 Å². The number of halogens is 5. The van der Waals surface area contributed by atoms with Crippen molar-refractivity contribution in [3.63, 3.8) is 0 Å². The van der Waals surface area contributed by atoms with Gasteiger partial charge in [0.2, 0.25) is 0 Å². The molecule has 2 rings (SSSR count). The van der Waals surface area contributed by atoms with Gasteiger partial charge >= 0.3 is 0 Å². The Morgan fingerprint density at radius 3 is 2.33 bits per heavy atom. The summed E-state index contributed by atoms with van der Waals surface area (Å²) in [6, 6.07) is 7.90. The Kier molecular flexibility index (Phi) is 3.83. The topological polar surface area (TPSA) is 0 Å². The molecule has 0 aliphatic heterocycles. The molecule has 18 heavy (non-hydrogen) atoms. The van der Waals surface area contributed by atoms with E-state index in [0.29, 0.717) is 5.56 Å². The van der Waals surface area contributed by atoms with Crippen molar-refractivity contribution in [3.05, 3.63) is 57.8 Å². The maximum atomic E-state index is 13.0. The van der Waals surface area contributed by atoms with Crippen LogP contribution in [0.4, 0.5) is 13.2 Å². The van der Waals surface area contributed by atoms with Crippen LogP contribution in [-0.2, 0) is 0 Å². The van der Waals surface area contributed by atoms with Crippen LogP contribution < -0.4 is 0 Å². The Bertz CT molecular complexity index is 582. The molecule has 0 bridgehead atoms. The molecule has 0 spiro atoms. The van der Waals surface area contributed by atoms with Crippen molar-refractivity contribution in [1.82, 2.24) is 0 Å². The average molecular weight is 291 g/mol. The molecule has 0 atom stereocenters. The largest absolute Gasteiger partial charge is 0.264 e. The van der Waals surface area contributed by atoms with E-state index < -0.39 is 17.8 Å². The summed E-state index contributed by atoms with van der Waals surface area (Å²) in [5.74, 6) is -0.716. The van der Waals surface area contributed by atoms with Gasteiger partial charge in [-0.3, -0.25) is 0 Å². The molecule has 94 valence electrons. The first-order chi connectivity index (χ1) is 8.50. The second kappa shape index (κ2) is 5.21. The van der Waals surface area contributed by atoms with Gasteiger partial charge in [-0.25, -0.2) is 13.2 Å². The van der Waals surface area contributed by atoms with Crippen molar-refractivity contribution in [3.8, 4) is 11.1 Å². The highest BCUT2D eigenvalue weighted by Crippen LogP contribution is 2.38. The number of rotatable bonds is 2. The molecule has 0 saturated heterocycles. The van der Waals surface area contributed by atoms with E-state index in [2.05, 4.69) is 0 Å². The van der Waals surface area contributed by atoms with Gasteiger partial charge in [0.1, 0.15) is 5.82 Å². The van der Waals surface area contributed by atoms with Crippen LogP contribution in [0.1, 0.15) is 12.0 Å². The summed E-state index contributed by atoms with van der Waals surface area (Å²) in [6.45, 7) is 0. The molecule has 0 amide bonds. The minimum absolute atomic E-state index is 0.174. The maximum absolute atomic E-state index is 13.0. The zero-order chi connectivity index (χ0) is 13.3. The van der Waals surface area contributed by atoms with E-state index >= 15 is 0 Å². The van der Waals surface area contributed by atoms with Crippen LogP contribution in [0.2, 0.25) is 10.0 Å². The fourth-order valence-corrected chi connectivity index (χ4v) is 2.07. The highest BCUT2D eigenvalue weighted by molar-refractivity contribution is 6.43. The molecule has 5 heteroatoms. The van der Waals surface area contributed by atoms with Crippen LogP contribution >= 0.6 is 23.2 Å². The molecular weight excluding hydrogens is 284 g/mol. The lowest BCUT2D eigenvalue weighted by Gasteiger charge is -2.11. The van der Waals surface area contributed by atoms with Crippen molar-refractivity contribution in [2.24, 2.45) is 0 Å². The van der Waals surface area contributed by atoms with Gasteiger partial charge in [-0.1, -0.05) is 41.4 Å². The number of alkyl halides is 2. The first-order valence-corrected chi connectivity index (χ1v) is 5.78. The third-order valence-corrected chi connectivity index (χ3v) is 3.31. The van der Waals surface area contributed by atoms with E-state index in [1.165, 1.54) is 6.07 Å². The summed E-state index contributed by atoms with van der Waals surface area (Å²) >= 11 is 11.8. The second-order valence-corrected chi connectivity index (χ2v) is 4.42. The zero-order valence-corrected chi connectivity index (χ0v) is 10.4. The molecule has 0 aliphatic rings. The fourth-order valence-electron chi connectivity index (χ4n) is 1.67. The Labute approximate surface area is 112 Å². The number of benzene rings is 2. The molecule has 0 heterocycles. The molecule has 0 unspecified atom stereocenters. The zero-order valence-electron chi connectivity index (χ0n) is 8.93. The monoisotopic (exact) mass is 290 g/mol. The van der Waals surface area contributed by atoms with Gasteiger partial charge in [0.05, 0.1) is 10.0 Å². The van der Waals surface area contributed by atoms with Crippen molar-refractivity contribution < 1.29 is 13.2 Å². The van der Waals surface area contributed by atoms with Crippen LogP contribution in [0.3, 0.4) is 0 Å². The van der Waals surface area contributed by atoms with Crippen LogP contribution in [-0.4, -0.2) is 0 Å².